The Morgan fingerprint density at radius 2 is 1.86 bits per heavy atom. The number of ether oxygens (including phenoxy) is 2. The molecule has 2 bridgehead atoms. The fourth-order valence-corrected chi connectivity index (χ4v) is 7.78. The maximum Gasteiger partial charge on any atom is 0.308 e. The molecular formula is C33H38N6O4. The van der Waals surface area contributed by atoms with Gasteiger partial charge in [-0.3, -0.25) is 9.59 Å². The van der Waals surface area contributed by atoms with Gasteiger partial charge in [-0.25, -0.2) is 9.97 Å². The van der Waals surface area contributed by atoms with Gasteiger partial charge in [0.2, 0.25) is 0 Å². The van der Waals surface area contributed by atoms with Gasteiger partial charge in [-0.15, -0.1) is 0 Å². The first-order valence-electron chi connectivity index (χ1n) is 15.5. The van der Waals surface area contributed by atoms with Crippen molar-refractivity contribution in [3.63, 3.8) is 0 Å². The highest BCUT2D eigenvalue weighted by atomic mass is 16.5. The molecule has 224 valence electrons. The lowest BCUT2D eigenvalue weighted by Gasteiger charge is -2.32. The molecule has 10 heteroatoms. The molecule has 1 aromatic carbocycles. The van der Waals surface area contributed by atoms with E-state index in [-0.39, 0.29) is 35.8 Å². The van der Waals surface area contributed by atoms with E-state index in [0.29, 0.717) is 23.1 Å². The molecule has 43 heavy (non-hydrogen) atoms. The highest BCUT2D eigenvalue weighted by Gasteiger charge is 2.47. The Labute approximate surface area is 250 Å². The minimum Gasteiger partial charge on any atom is -0.494 e. The lowest BCUT2D eigenvalue weighted by atomic mass is 9.73. The molecule has 4 aromatic rings. The summed E-state index contributed by atoms with van der Waals surface area (Å²) in [6.45, 7) is 1.60. The standard InChI is InChI=1S/C33H38N6O4/c1-37-29-24(12-21(14-27(29)42-2)32(40)39-16-19-7-9-25(39)28(19)34)36-31(37)26-13-18-6-8-23(20-10-22(11-20)33(41)43-3)35-30(18)38(26)15-17-4-5-17/h6,8,12-14,17,19-20,22,25,28H,4-5,7,9-11,15-16,34H2,1-3H3/t19-,20?,22?,25-,28-/m1/s1. The van der Waals surface area contributed by atoms with Crippen LogP contribution in [0.1, 0.15) is 60.5 Å². The summed E-state index contributed by atoms with van der Waals surface area (Å²) in [5.41, 5.74) is 11.6. The highest BCUT2D eigenvalue weighted by molar-refractivity contribution is 6.00. The molecule has 3 atom stereocenters. The summed E-state index contributed by atoms with van der Waals surface area (Å²) in [5, 5.41) is 1.07. The minimum absolute atomic E-state index is 0.0000575. The molecule has 3 aromatic heterocycles. The Hall–Kier alpha value is -3.92. The van der Waals surface area contributed by atoms with Crippen molar-refractivity contribution in [3.05, 3.63) is 41.6 Å². The molecule has 0 unspecified atom stereocenters. The van der Waals surface area contributed by atoms with Crippen LogP contribution in [0.25, 0.3) is 33.6 Å². The third-order valence-corrected chi connectivity index (χ3v) is 10.5. The number of imidazole rings is 1. The molecule has 4 heterocycles. The predicted molar refractivity (Wildman–Crippen MR) is 162 cm³/mol. The van der Waals surface area contributed by atoms with Crippen molar-refractivity contribution in [2.24, 2.45) is 30.5 Å². The number of carbonyl (C=O) groups is 2. The topological polar surface area (TPSA) is 118 Å². The molecule has 2 N–H and O–H groups in total. The van der Waals surface area contributed by atoms with Crippen molar-refractivity contribution in [3.8, 4) is 17.3 Å². The summed E-state index contributed by atoms with van der Waals surface area (Å²) in [6.07, 6.45) is 6.05. The number of piperidine rings is 1. The van der Waals surface area contributed by atoms with E-state index in [1.165, 1.54) is 20.0 Å². The summed E-state index contributed by atoms with van der Waals surface area (Å²) in [5.74, 6) is 2.56. The summed E-state index contributed by atoms with van der Waals surface area (Å²) in [4.78, 5) is 37.9. The van der Waals surface area contributed by atoms with E-state index >= 15 is 0 Å². The smallest absolute Gasteiger partial charge is 0.308 e. The van der Waals surface area contributed by atoms with Gasteiger partial charge in [0.25, 0.3) is 5.91 Å². The van der Waals surface area contributed by atoms with Crippen molar-refractivity contribution in [1.29, 1.82) is 0 Å². The highest BCUT2D eigenvalue weighted by Crippen LogP contribution is 2.43. The van der Waals surface area contributed by atoms with Crippen LogP contribution >= 0.6 is 0 Å². The Balaban J connectivity index is 1.18. The predicted octanol–water partition coefficient (Wildman–Crippen LogP) is 4.24. The van der Waals surface area contributed by atoms with Crippen LogP contribution in [0.5, 0.6) is 5.75 Å². The number of hydrogen-bond acceptors (Lipinski definition) is 7. The van der Waals surface area contributed by atoms with Crippen molar-refractivity contribution in [2.45, 2.75) is 63.1 Å². The van der Waals surface area contributed by atoms with Gasteiger partial charge in [0.15, 0.2) is 5.82 Å². The molecule has 1 saturated heterocycles. The van der Waals surface area contributed by atoms with Gasteiger partial charge in [0.1, 0.15) is 16.9 Å². The van der Waals surface area contributed by atoms with Crippen LogP contribution in [-0.2, 0) is 23.1 Å². The molecule has 0 radical (unpaired) electrons. The van der Waals surface area contributed by atoms with Crippen LogP contribution in [0, 0.1) is 17.8 Å². The number of aromatic nitrogens is 4. The maximum atomic E-state index is 13.7. The van der Waals surface area contributed by atoms with Crippen molar-refractivity contribution >= 4 is 33.9 Å². The number of pyridine rings is 1. The number of methoxy groups -OCH3 is 2. The number of fused-ring (bicyclic) bond motifs is 4. The average Bonchev–Trinajstić information content (AvgIpc) is 3.40. The molecule has 0 spiro atoms. The normalized spacial score (nSPS) is 26.3. The van der Waals surface area contributed by atoms with Crippen molar-refractivity contribution in [2.75, 3.05) is 20.8 Å². The number of carbonyl (C=O) groups excluding carboxylic acids is 2. The number of benzene rings is 1. The number of likely N-dealkylation sites (tertiary alicyclic amines) is 1. The summed E-state index contributed by atoms with van der Waals surface area (Å²) < 4.78 is 15.2. The van der Waals surface area contributed by atoms with Gasteiger partial charge in [-0.2, -0.15) is 0 Å². The Morgan fingerprint density at radius 1 is 1.05 bits per heavy atom. The first-order chi connectivity index (χ1) is 20.8. The van der Waals surface area contributed by atoms with Crippen LogP contribution in [0.2, 0.25) is 0 Å². The van der Waals surface area contributed by atoms with Crippen molar-refractivity contribution in [1.82, 2.24) is 24.0 Å². The molecular weight excluding hydrogens is 544 g/mol. The van der Waals surface area contributed by atoms with Gasteiger partial charge in [-0.05, 0) is 80.7 Å². The number of hydrogen-bond donors (Lipinski definition) is 1. The molecule has 4 aliphatic rings. The van der Waals surface area contributed by atoms with E-state index in [4.69, 9.17) is 25.2 Å². The summed E-state index contributed by atoms with van der Waals surface area (Å²) in [6, 6.07) is 10.3. The zero-order valence-corrected chi connectivity index (χ0v) is 25.0. The van der Waals surface area contributed by atoms with Crippen LogP contribution in [0.4, 0.5) is 0 Å². The second-order valence-corrected chi connectivity index (χ2v) is 13.1. The van der Waals surface area contributed by atoms with E-state index in [0.717, 1.165) is 78.1 Å². The van der Waals surface area contributed by atoms with E-state index in [1.807, 2.05) is 24.1 Å². The number of nitrogens with zero attached hydrogens (tertiary/aromatic N) is 5. The number of rotatable bonds is 7. The zero-order chi connectivity index (χ0) is 29.6. The number of aryl methyl sites for hydroxylation is 1. The third-order valence-electron chi connectivity index (χ3n) is 10.5. The number of esters is 1. The molecule has 3 saturated carbocycles. The van der Waals surface area contributed by atoms with Gasteiger partial charge < -0.3 is 29.2 Å². The first kappa shape index (κ1) is 26.7. The Kier molecular flexibility index (Phi) is 6.08. The lowest BCUT2D eigenvalue weighted by Crippen LogP contribution is -2.41. The second kappa shape index (κ2) is 9.80. The molecule has 1 amide bonds. The fraction of sp³-hybridized carbons (Fsp3) is 0.515. The van der Waals surface area contributed by atoms with Crippen molar-refractivity contribution < 1.29 is 19.1 Å². The molecule has 1 aliphatic heterocycles. The van der Waals surface area contributed by atoms with Crippen LogP contribution < -0.4 is 10.5 Å². The SMILES string of the molecule is COC(=O)C1CC(c2ccc3cc(-c4nc5cc(C(=O)N6C[C@H]7CC[C@@H]6[C@@H]7N)cc(OC)c5n4C)n(CC4CC4)c3n2)C1. The van der Waals surface area contributed by atoms with Gasteiger partial charge in [-0.1, -0.05) is 0 Å². The van der Waals surface area contributed by atoms with Gasteiger partial charge >= 0.3 is 5.97 Å². The van der Waals surface area contributed by atoms with E-state index < -0.39 is 0 Å². The van der Waals surface area contributed by atoms with Gasteiger partial charge in [0.05, 0.1) is 31.3 Å². The summed E-state index contributed by atoms with van der Waals surface area (Å²) in [7, 11) is 5.10. The van der Waals surface area contributed by atoms with E-state index in [2.05, 4.69) is 27.3 Å². The van der Waals surface area contributed by atoms with Crippen LogP contribution in [-0.4, -0.2) is 68.7 Å². The van der Waals surface area contributed by atoms with E-state index in [1.54, 1.807) is 7.11 Å². The quantitative estimate of drug-likeness (QED) is 0.324. The molecule has 3 aliphatic carbocycles. The molecule has 10 nitrogen and oxygen atoms in total. The zero-order valence-electron chi connectivity index (χ0n) is 25.0. The van der Waals surface area contributed by atoms with Gasteiger partial charge in [0, 0.05) is 54.8 Å². The Bertz CT molecular complexity index is 1780. The monoisotopic (exact) mass is 582 g/mol. The number of nitrogens with two attached hydrogens (primary N) is 1. The van der Waals surface area contributed by atoms with Crippen LogP contribution in [0.3, 0.4) is 0 Å². The first-order valence-corrected chi connectivity index (χ1v) is 15.5. The lowest BCUT2D eigenvalue weighted by molar-refractivity contribution is -0.148. The molecule has 8 rings (SSSR count). The number of amides is 1. The third kappa shape index (κ3) is 4.17. The largest absolute Gasteiger partial charge is 0.494 e. The fourth-order valence-electron chi connectivity index (χ4n) is 7.78. The molecule has 4 fully saturated rings. The minimum atomic E-state index is -0.130. The summed E-state index contributed by atoms with van der Waals surface area (Å²) >= 11 is 0. The Morgan fingerprint density at radius 3 is 2.53 bits per heavy atom. The maximum absolute atomic E-state index is 13.7. The average molecular weight is 583 g/mol. The second-order valence-electron chi connectivity index (χ2n) is 13.1. The van der Waals surface area contributed by atoms with E-state index in [9.17, 15) is 9.59 Å². The van der Waals surface area contributed by atoms with Crippen LogP contribution in [0.15, 0.2) is 30.3 Å².